The van der Waals surface area contributed by atoms with Gasteiger partial charge in [-0.15, -0.1) is 0 Å². The molecule has 2 rings (SSSR count). The second kappa shape index (κ2) is 3.87. The van der Waals surface area contributed by atoms with Crippen LogP contribution in [-0.4, -0.2) is 13.1 Å². The summed E-state index contributed by atoms with van der Waals surface area (Å²) in [7, 11) is 0. The van der Waals surface area contributed by atoms with Gasteiger partial charge in [0.2, 0.25) is 0 Å². The van der Waals surface area contributed by atoms with Crippen molar-refractivity contribution in [3.63, 3.8) is 0 Å². The lowest BCUT2D eigenvalue weighted by molar-refractivity contribution is 0.763. The van der Waals surface area contributed by atoms with Crippen molar-refractivity contribution in [1.29, 1.82) is 0 Å². The number of hydrogen-bond acceptors (Lipinski definition) is 1. The maximum Gasteiger partial charge on any atom is 0.0423 e. The average molecular weight is 216 g/mol. The molecule has 1 heterocycles. The molecule has 0 aliphatic carbocycles. The SMILES string of the molecule is Clc1cc(Cl)cc([C@@H]2CCNC2)c1. The van der Waals surface area contributed by atoms with Crippen LogP contribution in [0.3, 0.4) is 0 Å². The van der Waals surface area contributed by atoms with Gasteiger partial charge in [-0.25, -0.2) is 0 Å². The van der Waals surface area contributed by atoms with Gasteiger partial charge < -0.3 is 5.32 Å². The van der Waals surface area contributed by atoms with Gasteiger partial charge in [0, 0.05) is 16.6 Å². The van der Waals surface area contributed by atoms with E-state index in [0.29, 0.717) is 5.92 Å². The van der Waals surface area contributed by atoms with Crippen molar-refractivity contribution in [2.24, 2.45) is 0 Å². The van der Waals surface area contributed by atoms with Gasteiger partial charge in [0.05, 0.1) is 0 Å². The Morgan fingerprint density at radius 2 is 1.85 bits per heavy atom. The highest BCUT2D eigenvalue weighted by Gasteiger charge is 2.16. The van der Waals surface area contributed by atoms with Crippen LogP contribution in [0.2, 0.25) is 10.0 Å². The lowest BCUT2D eigenvalue weighted by Gasteiger charge is -2.09. The molecular formula is C10H11Cl2N. The first-order chi connectivity index (χ1) is 6.25. The second-order valence-corrected chi connectivity index (χ2v) is 4.27. The number of halogens is 2. The summed E-state index contributed by atoms with van der Waals surface area (Å²) < 4.78 is 0. The maximum atomic E-state index is 5.92. The minimum Gasteiger partial charge on any atom is -0.316 e. The van der Waals surface area contributed by atoms with Gasteiger partial charge >= 0.3 is 0 Å². The van der Waals surface area contributed by atoms with Gasteiger partial charge in [0.1, 0.15) is 0 Å². The summed E-state index contributed by atoms with van der Waals surface area (Å²) in [5, 5.41) is 4.79. The largest absolute Gasteiger partial charge is 0.316 e. The van der Waals surface area contributed by atoms with E-state index in [2.05, 4.69) is 5.32 Å². The highest BCUT2D eigenvalue weighted by Crippen LogP contribution is 2.27. The van der Waals surface area contributed by atoms with Crippen molar-refractivity contribution >= 4 is 23.2 Å². The topological polar surface area (TPSA) is 12.0 Å². The van der Waals surface area contributed by atoms with Crippen LogP contribution in [-0.2, 0) is 0 Å². The van der Waals surface area contributed by atoms with E-state index in [1.165, 1.54) is 12.0 Å². The highest BCUT2D eigenvalue weighted by molar-refractivity contribution is 6.34. The number of rotatable bonds is 1. The molecule has 1 aromatic rings. The first-order valence-corrected chi connectivity index (χ1v) is 5.18. The monoisotopic (exact) mass is 215 g/mol. The van der Waals surface area contributed by atoms with Gasteiger partial charge in [-0.1, -0.05) is 23.2 Å². The number of hydrogen-bond donors (Lipinski definition) is 1. The molecule has 1 aliphatic heterocycles. The molecule has 70 valence electrons. The van der Waals surface area contributed by atoms with Crippen molar-refractivity contribution in [2.45, 2.75) is 12.3 Å². The lowest BCUT2D eigenvalue weighted by atomic mass is 9.99. The summed E-state index contributed by atoms with van der Waals surface area (Å²) in [6, 6.07) is 5.78. The Morgan fingerprint density at radius 1 is 1.15 bits per heavy atom. The van der Waals surface area contributed by atoms with Gasteiger partial charge in [0.25, 0.3) is 0 Å². The molecule has 0 amide bonds. The molecule has 0 bridgehead atoms. The Hall–Kier alpha value is -0.240. The van der Waals surface area contributed by atoms with Crippen LogP contribution >= 0.6 is 23.2 Å². The van der Waals surface area contributed by atoms with E-state index < -0.39 is 0 Å². The van der Waals surface area contributed by atoms with Crippen molar-refractivity contribution < 1.29 is 0 Å². The summed E-state index contributed by atoms with van der Waals surface area (Å²) in [5.74, 6) is 0.580. The Labute approximate surface area is 88.0 Å². The van der Waals surface area contributed by atoms with E-state index in [-0.39, 0.29) is 0 Å². The van der Waals surface area contributed by atoms with Crippen molar-refractivity contribution in [3.05, 3.63) is 33.8 Å². The van der Waals surface area contributed by atoms with Gasteiger partial charge in [-0.05, 0) is 42.6 Å². The van der Waals surface area contributed by atoms with Crippen molar-refractivity contribution in [2.75, 3.05) is 13.1 Å². The van der Waals surface area contributed by atoms with E-state index >= 15 is 0 Å². The van der Waals surface area contributed by atoms with Crippen LogP contribution in [0.25, 0.3) is 0 Å². The molecule has 0 aromatic heterocycles. The number of benzene rings is 1. The summed E-state index contributed by atoms with van der Waals surface area (Å²) >= 11 is 11.8. The van der Waals surface area contributed by atoms with E-state index in [9.17, 15) is 0 Å². The molecule has 0 saturated carbocycles. The lowest BCUT2D eigenvalue weighted by Crippen LogP contribution is -2.07. The van der Waals surface area contributed by atoms with Crippen LogP contribution in [0.4, 0.5) is 0 Å². The fourth-order valence-corrected chi connectivity index (χ4v) is 2.29. The predicted molar refractivity (Wildman–Crippen MR) is 56.7 cm³/mol. The highest BCUT2D eigenvalue weighted by atomic mass is 35.5. The molecular weight excluding hydrogens is 205 g/mol. The molecule has 1 nitrogen and oxygen atoms in total. The zero-order chi connectivity index (χ0) is 9.26. The molecule has 1 aromatic carbocycles. The molecule has 0 unspecified atom stereocenters. The van der Waals surface area contributed by atoms with Gasteiger partial charge in [-0.2, -0.15) is 0 Å². The molecule has 0 radical (unpaired) electrons. The van der Waals surface area contributed by atoms with Crippen LogP contribution in [0, 0.1) is 0 Å². The standard InChI is InChI=1S/C10H11Cl2N/c11-9-3-8(4-10(12)5-9)7-1-2-13-6-7/h3-5,7,13H,1-2,6H2/t7-/m1/s1. The minimum absolute atomic E-state index is 0.580. The summed E-state index contributed by atoms with van der Waals surface area (Å²) in [5.41, 5.74) is 1.25. The van der Waals surface area contributed by atoms with Crippen LogP contribution in [0.15, 0.2) is 18.2 Å². The first kappa shape index (κ1) is 9.32. The maximum absolute atomic E-state index is 5.92. The molecule has 1 atom stereocenters. The fourth-order valence-electron chi connectivity index (χ4n) is 1.75. The summed E-state index contributed by atoms with van der Waals surface area (Å²) in [6.07, 6.45) is 1.18. The predicted octanol–water partition coefficient (Wildman–Crippen LogP) is 3.07. The van der Waals surface area contributed by atoms with Crippen LogP contribution in [0.1, 0.15) is 17.9 Å². The van der Waals surface area contributed by atoms with Crippen LogP contribution in [0.5, 0.6) is 0 Å². The summed E-state index contributed by atoms with van der Waals surface area (Å²) in [6.45, 7) is 2.13. The second-order valence-electron chi connectivity index (χ2n) is 3.39. The smallest absolute Gasteiger partial charge is 0.0423 e. The molecule has 0 spiro atoms. The van der Waals surface area contributed by atoms with Crippen LogP contribution < -0.4 is 5.32 Å². The molecule has 13 heavy (non-hydrogen) atoms. The summed E-state index contributed by atoms with van der Waals surface area (Å²) in [4.78, 5) is 0. The normalized spacial score (nSPS) is 22.2. The molecule has 1 saturated heterocycles. The van der Waals surface area contributed by atoms with Crippen molar-refractivity contribution in [3.8, 4) is 0 Å². The first-order valence-electron chi connectivity index (χ1n) is 4.42. The Bertz CT molecular complexity index is 286. The van der Waals surface area contributed by atoms with E-state index in [0.717, 1.165) is 23.1 Å². The zero-order valence-corrected chi connectivity index (χ0v) is 8.70. The third-order valence-electron chi connectivity index (χ3n) is 2.42. The third kappa shape index (κ3) is 2.16. The number of nitrogens with one attached hydrogen (secondary N) is 1. The Morgan fingerprint density at radius 3 is 2.38 bits per heavy atom. The molecule has 1 aliphatic rings. The zero-order valence-electron chi connectivity index (χ0n) is 7.19. The molecule has 1 fully saturated rings. The van der Waals surface area contributed by atoms with E-state index in [4.69, 9.17) is 23.2 Å². The Kier molecular flexibility index (Phi) is 2.77. The fraction of sp³-hybridized carbons (Fsp3) is 0.400. The van der Waals surface area contributed by atoms with E-state index in [1.807, 2.05) is 12.1 Å². The average Bonchev–Trinajstić information content (AvgIpc) is 2.53. The molecule has 1 N–H and O–H groups in total. The van der Waals surface area contributed by atoms with Gasteiger partial charge in [-0.3, -0.25) is 0 Å². The van der Waals surface area contributed by atoms with Gasteiger partial charge in [0.15, 0.2) is 0 Å². The quantitative estimate of drug-likeness (QED) is 0.760. The van der Waals surface area contributed by atoms with E-state index in [1.54, 1.807) is 6.07 Å². The molecule has 3 heteroatoms. The minimum atomic E-state index is 0.580. The Balaban J connectivity index is 2.28. The third-order valence-corrected chi connectivity index (χ3v) is 2.85. The van der Waals surface area contributed by atoms with Crippen molar-refractivity contribution in [1.82, 2.24) is 5.32 Å².